The molecule has 0 saturated heterocycles. The summed E-state index contributed by atoms with van der Waals surface area (Å²) in [5, 5.41) is 36.2. The normalized spacial score (nSPS) is 35.5. The van der Waals surface area contributed by atoms with Crippen LogP contribution < -0.4 is 0 Å². The van der Waals surface area contributed by atoms with E-state index in [1.807, 2.05) is 0 Å². The number of hydrogen-bond donors (Lipinski definition) is 4. The molecule has 0 heterocycles. The van der Waals surface area contributed by atoms with Gasteiger partial charge in [0.1, 0.15) is 0 Å². The van der Waals surface area contributed by atoms with Crippen molar-refractivity contribution in [2.24, 2.45) is 33.5 Å². The van der Waals surface area contributed by atoms with Gasteiger partial charge in [-0.3, -0.25) is 19.2 Å². The van der Waals surface area contributed by atoms with Gasteiger partial charge in [-0.15, -0.1) is 0 Å². The molecule has 8 nitrogen and oxygen atoms in total. The van der Waals surface area contributed by atoms with E-state index >= 15 is 0 Å². The van der Waals surface area contributed by atoms with Crippen LogP contribution >= 0.6 is 0 Å². The molecule has 4 atom stereocenters. The number of carbonyl (C=O) groups is 4. The summed E-state index contributed by atoms with van der Waals surface area (Å²) < 4.78 is 0. The van der Waals surface area contributed by atoms with E-state index in [1.54, 1.807) is 41.5 Å². The van der Waals surface area contributed by atoms with Crippen LogP contribution in [0.5, 0.6) is 0 Å². The molecule has 0 aliphatic heterocycles. The fourth-order valence-electron chi connectivity index (χ4n) is 4.63. The van der Waals surface area contributed by atoms with E-state index in [2.05, 4.69) is 0 Å². The number of aliphatic carboxylic acids is 4. The van der Waals surface area contributed by atoms with Gasteiger partial charge in [0.15, 0.2) is 0 Å². The highest BCUT2D eigenvalue weighted by atomic mass is 16.4. The van der Waals surface area contributed by atoms with Gasteiger partial charge < -0.3 is 20.4 Å². The Labute approximate surface area is 164 Å². The van der Waals surface area contributed by atoms with Crippen LogP contribution in [0, 0.1) is 33.5 Å². The molecule has 2 rings (SSSR count). The van der Waals surface area contributed by atoms with Crippen molar-refractivity contribution in [2.75, 3.05) is 0 Å². The SMILES string of the molecule is CC1(C(=O)O)CCC(C(=O)O)C1(C)C.CC1(C(=O)O)CCC(C(=O)O)C1(C)C. The smallest absolute Gasteiger partial charge is 0.309 e. The summed E-state index contributed by atoms with van der Waals surface area (Å²) in [6, 6.07) is 0. The molecule has 0 aromatic heterocycles. The Kier molecular flexibility index (Phi) is 6.29. The second-order valence-electron chi connectivity index (χ2n) is 9.58. The van der Waals surface area contributed by atoms with Gasteiger partial charge in [0.2, 0.25) is 0 Å². The lowest BCUT2D eigenvalue weighted by Gasteiger charge is -2.36. The lowest BCUT2D eigenvalue weighted by molar-refractivity contribution is -0.159. The van der Waals surface area contributed by atoms with Crippen LogP contribution in [0.1, 0.15) is 67.2 Å². The van der Waals surface area contributed by atoms with Crippen molar-refractivity contribution in [3.63, 3.8) is 0 Å². The minimum atomic E-state index is -0.921. The third-order valence-corrected chi connectivity index (χ3v) is 7.99. The van der Waals surface area contributed by atoms with Crippen molar-refractivity contribution in [3.05, 3.63) is 0 Å². The fraction of sp³-hybridized carbons (Fsp3) is 0.800. The standard InChI is InChI=1S/2C10H16O4/c2*1-9(2)6(7(11)12)4-5-10(9,3)8(13)14/h2*6H,4-5H2,1-3H3,(H,11,12)(H,13,14). The second kappa shape index (κ2) is 7.37. The van der Waals surface area contributed by atoms with Gasteiger partial charge in [0.25, 0.3) is 0 Å². The molecule has 4 N–H and O–H groups in total. The third-order valence-electron chi connectivity index (χ3n) is 7.99. The predicted molar refractivity (Wildman–Crippen MR) is 99.8 cm³/mol. The fourth-order valence-corrected chi connectivity index (χ4v) is 4.63. The van der Waals surface area contributed by atoms with Crippen LogP contribution in [0.2, 0.25) is 0 Å². The van der Waals surface area contributed by atoms with Crippen molar-refractivity contribution in [3.8, 4) is 0 Å². The molecule has 160 valence electrons. The number of rotatable bonds is 4. The van der Waals surface area contributed by atoms with Gasteiger partial charge in [0, 0.05) is 0 Å². The topological polar surface area (TPSA) is 149 Å². The minimum absolute atomic E-state index is 0.437. The molecule has 2 aliphatic carbocycles. The van der Waals surface area contributed by atoms with Gasteiger partial charge in [-0.2, -0.15) is 0 Å². The maximum atomic E-state index is 11.1. The summed E-state index contributed by atoms with van der Waals surface area (Å²) in [6.45, 7) is 10.2. The van der Waals surface area contributed by atoms with E-state index in [1.165, 1.54) is 0 Å². The number of carboxylic acids is 4. The van der Waals surface area contributed by atoms with E-state index in [-0.39, 0.29) is 0 Å². The van der Waals surface area contributed by atoms with Crippen molar-refractivity contribution in [1.82, 2.24) is 0 Å². The maximum absolute atomic E-state index is 11.1. The first-order chi connectivity index (χ1) is 12.5. The Morgan fingerprint density at radius 2 is 0.857 bits per heavy atom. The monoisotopic (exact) mass is 400 g/mol. The third kappa shape index (κ3) is 3.49. The maximum Gasteiger partial charge on any atom is 0.309 e. The molecule has 0 spiro atoms. The van der Waals surface area contributed by atoms with Crippen molar-refractivity contribution in [1.29, 1.82) is 0 Å². The molecule has 4 unspecified atom stereocenters. The van der Waals surface area contributed by atoms with Crippen LogP contribution in [-0.2, 0) is 19.2 Å². The quantitative estimate of drug-likeness (QED) is 0.562. The van der Waals surface area contributed by atoms with E-state index in [0.717, 1.165) is 0 Å². The lowest BCUT2D eigenvalue weighted by Crippen LogP contribution is -2.42. The van der Waals surface area contributed by atoms with Crippen LogP contribution in [-0.4, -0.2) is 44.3 Å². The van der Waals surface area contributed by atoms with Crippen molar-refractivity contribution in [2.45, 2.75) is 67.2 Å². The van der Waals surface area contributed by atoms with E-state index in [0.29, 0.717) is 25.7 Å². The Morgan fingerprint density at radius 1 is 0.607 bits per heavy atom. The summed E-state index contributed by atoms with van der Waals surface area (Å²) in [4.78, 5) is 44.1. The summed E-state index contributed by atoms with van der Waals surface area (Å²) in [5.74, 6) is -4.68. The van der Waals surface area contributed by atoms with Crippen LogP contribution in [0.3, 0.4) is 0 Å². The zero-order valence-corrected chi connectivity index (χ0v) is 17.4. The number of carboxylic acid groups (broad SMARTS) is 4. The van der Waals surface area contributed by atoms with Crippen LogP contribution in [0.4, 0.5) is 0 Å². The molecule has 2 fully saturated rings. The minimum Gasteiger partial charge on any atom is -0.481 e. The molecular weight excluding hydrogens is 368 g/mol. The summed E-state index contributed by atoms with van der Waals surface area (Å²) >= 11 is 0. The predicted octanol–water partition coefficient (Wildman–Crippen LogP) is 3.20. The average molecular weight is 400 g/mol. The Morgan fingerprint density at radius 3 is 0.964 bits per heavy atom. The van der Waals surface area contributed by atoms with E-state index in [4.69, 9.17) is 20.4 Å². The highest BCUT2D eigenvalue weighted by Crippen LogP contribution is 2.57. The first-order valence-corrected chi connectivity index (χ1v) is 9.39. The Bertz CT molecular complexity index is 622. The largest absolute Gasteiger partial charge is 0.481 e. The average Bonchev–Trinajstić information content (AvgIpc) is 2.92. The van der Waals surface area contributed by atoms with E-state index in [9.17, 15) is 19.2 Å². The molecule has 2 aliphatic rings. The highest BCUT2D eigenvalue weighted by molar-refractivity contribution is 5.80. The van der Waals surface area contributed by atoms with Gasteiger partial charge in [-0.05, 0) is 50.4 Å². The molecule has 0 radical (unpaired) electrons. The van der Waals surface area contributed by atoms with Gasteiger partial charge in [-0.1, -0.05) is 27.7 Å². The zero-order chi connectivity index (χ0) is 22.3. The molecule has 2 saturated carbocycles. The lowest BCUT2D eigenvalue weighted by atomic mass is 9.66. The second-order valence-corrected chi connectivity index (χ2v) is 9.58. The summed E-state index contributed by atoms with van der Waals surface area (Å²) in [5.41, 5.74) is -3.22. The first kappa shape index (κ1) is 23.9. The number of hydrogen-bond acceptors (Lipinski definition) is 4. The Hall–Kier alpha value is -2.12. The van der Waals surface area contributed by atoms with Crippen LogP contribution in [0.15, 0.2) is 0 Å². The molecule has 8 heteroatoms. The van der Waals surface area contributed by atoms with Crippen LogP contribution in [0.25, 0.3) is 0 Å². The van der Waals surface area contributed by atoms with Gasteiger partial charge >= 0.3 is 23.9 Å². The van der Waals surface area contributed by atoms with Gasteiger partial charge in [-0.25, -0.2) is 0 Å². The molecule has 0 bridgehead atoms. The van der Waals surface area contributed by atoms with E-state index < -0.39 is 57.4 Å². The van der Waals surface area contributed by atoms with Gasteiger partial charge in [0.05, 0.1) is 22.7 Å². The zero-order valence-electron chi connectivity index (χ0n) is 17.4. The van der Waals surface area contributed by atoms with Crippen molar-refractivity contribution >= 4 is 23.9 Å². The summed E-state index contributed by atoms with van der Waals surface area (Å²) in [7, 11) is 0. The molecule has 28 heavy (non-hydrogen) atoms. The molecule has 0 amide bonds. The summed E-state index contributed by atoms with van der Waals surface area (Å²) in [6.07, 6.45) is 1.77. The van der Waals surface area contributed by atoms with Crippen molar-refractivity contribution < 1.29 is 39.6 Å². The first-order valence-electron chi connectivity index (χ1n) is 9.39. The Balaban J connectivity index is 0.000000280. The molecular formula is C20H32O8. The molecule has 0 aromatic carbocycles. The molecule has 0 aromatic rings. The highest BCUT2D eigenvalue weighted by Gasteiger charge is 2.59.